The lowest BCUT2D eigenvalue weighted by Crippen LogP contribution is -2.47. The molecule has 0 aromatic heterocycles. The molecule has 2 heterocycles. The first-order valence-corrected chi connectivity index (χ1v) is 6.47. The number of rotatable bonds is 5. The highest BCUT2D eigenvalue weighted by atomic mass is 35.5. The van der Waals surface area contributed by atoms with E-state index in [0.717, 1.165) is 0 Å². The smallest absolute Gasteiger partial charge is 0.335 e. The summed E-state index contributed by atoms with van der Waals surface area (Å²) in [5.74, 6) is -3.77. The number of carboxylic acid groups (broad SMARTS) is 1. The summed E-state index contributed by atoms with van der Waals surface area (Å²) >= 11 is 0. The second-order valence-electron chi connectivity index (χ2n) is 5.68. The van der Waals surface area contributed by atoms with Gasteiger partial charge in [0.2, 0.25) is 0 Å². The topological polar surface area (TPSA) is 61.8 Å². The molecule has 0 amide bonds. The number of fused-ring (bicyclic) bond motifs is 1. The van der Waals surface area contributed by atoms with Crippen molar-refractivity contribution in [2.75, 3.05) is 26.2 Å². The molecule has 0 spiro atoms. The average Bonchev–Trinajstić information content (AvgIpc) is 2.81. The van der Waals surface area contributed by atoms with Crippen molar-refractivity contribution in [1.29, 1.82) is 0 Å². The molecule has 0 saturated carbocycles. The number of hydrogen-bond donors (Lipinski definition) is 2. The molecule has 8 heteroatoms. The zero-order valence-corrected chi connectivity index (χ0v) is 12.4. The maximum Gasteiger partial charge on any atom is 0.335 e. The van der Waals surface area contributed by atoms with Crippen LogP contribution in [0.2, 0.25) is 0 Å². The fourth-order valence-electron chi connectivity index (χ4n) is 2.73. The van der Waals surface area contributed by atoms with E-state index in [-0.39, 0.29) is 31.6 Å². The van der Waals surface area contributed by atoms with Crippen molar-refractivity contribution in [2.24, 2.45) is 0 Å². The molecule has 0 aromatic carbocycles. The van der Waals surface area contributed by atoms with Crippen LogP contribution in [0.3, 0.4) is 0 Å². The van der Waals surface area contributed by atoms with E-state index in [4.69, 9.17) is 9.84 Å². The Morgan fingerprint density at radius 3 is 2.80 bits per heavy atom. The zero-order valence-electron chi connectivity index (χ0n) is 11.6. The van der Waals surface area contributed by atoms with Gasteiger partial charge < -0.3 is 15.2 Å². The Bertz CT molecular complexity index is 369. The SMILES string of the molecule is CC(C)(OCCN1CCC2NCC(F)(F)C21)C(=O)O.Cl. The van der Waals surface area contributed by atoms with E-state index in [0.29, 0.717) is 19.5 Å². The quantitative estimate of drug-likeness (QED) is 0.792. The molecule has 20 heavy (non-hydrogen) atoms. The molecule has 0 aliphatic carbocycles. The van der Waals surface area contributed by atoms with Gasteiger partial charge >= 0.3 is 5.97 Å². The van der Waals surface area contributed by atoms with Crippen LogP contribution in [0.4, 0.5) is 8.78 Å². The lowest BCUT2D eigenvalue weighted by atomic mass is 10.1. The van der Waals surface area contributed by atoms with Gasteiger partial charge in [0.25, 0.3) is 5.92 Å². The predicted molar refractivity (Wildman–Crippen MR) is 71.6 cm³/mol. The van der Waals surface area contributed by atoms with Crippen LogP contribution in [0.5, 0.6) is 0 Å². The van der Waals surface area contributed by atoms with Gasteiger partial charge in [-0.2, -0.15) is 0 Å². The van der Waals surface area contributed by atoms with Gasteiger partial charge in [-0.25, -0.2) is 13.6 Å². The molecule has 2 aliphatic rings. The highest BCUT2D eigenvalue weighted by molar-refractivity contribution is 5.85. The normalized spacial score (nSPS) is 29.0. The number of carbonyl (C=O) groups is 1. The molecular formula is C12H21ClF2N2O3. The third kappa shape index (κ3) is 3.39. The summed E-state index contributed by atoms with van der Waals surface area (Å²) in [6, 6.07) is -0.952. The van der Waals surface area contributed by atoms with Gasteiger partial charge in [-0.3, -0.25) is 4.90 Å². The maximum absolute atomic E-state index is 13.7. The fourth-order valence-corrected chi connectivity index (χ4v) is 2.73. The molecule has 2 atom stereocenters. The standard InChI is InChI=1S/C12H20F2N2O3.ClH/c1-11(2,10(17)18)19-6-5-16-4-3-8-9(16)12(13,14)7-15-8;/h8-9,15H,3-7H2,1-2H3,(H,17,18);1H. The molecule has 2 N–H and O–H groups in total. The van der Waals surface area contributed by atoms with Crippen molar-refractivity contribution in [3.05, 3.63) is 0 Å². The van der Waals surface area contributed by atoms with E-state index >= 15 is 0 Å². The Labute approximate surface area is 123 Å². The number of likely N-dealkylation sites (tertiary alicyclic amines) is 1. The molecule has 0 bridgehead atoms. The molecule has 5 nitrogen and oxygen atoms in total. The van der Waals surface area contributed by atoms with Gasteiger partial charge in [-0.1, -0.05) is 0 Å². The van der Waals surface area contributed by atoms with Gasteiger partial charge in [-0.15, -0.1) is 12.4 Å². The van der Waals surface area contributed by atoms with E-state index in [1.54, 1.807) is 4.90 Å². The van der Waals surface area contributed by atoms with Crippen molar-refractivity contribution in [3.8, 4) is 0 Å². The Kier molecular flexibility index (Phi) is 5.34. The lowest BCUT2D eigenvalue weighted by molar-refractivity contribution is -0.162. The Balaban J connectivity index is 0.00000200. The number of hydrogen-bond acceptors (Lipinski definition) is 4. The van der Waals surface area contributed by atoms with Gasteiger partial charge in [0.05, 0.1) is 19.2 Å². The summed E-state index contributed by atoms with van der Waals surface area (Å²) in [6.45, 7) is 3.69. The number of carboxylic acids is 1. The number of halogens is 3. The summed E-state index contributed by atoms with van der Waals surface area (Å²) in [4.78, 5) is 12.6. The Morgan fingerprint density at radius 1 is 1.55 bits per heavy atom. The van der Waals surface area contributed by atoms with Gasteiger partial charge in [0.15, 0.2) is 5.60 Å². The van der Waals surface area contributed by atoms with Crippen molar-refractivity contribution in [2.45, 2.75) is 43.9 Å². The molecule has 2 aliphatic heterocycles. The minimum Gasteiger partial charge on any atom is -0.479 e. The molecule has 2 fully saturated rings. The number of aliphatic carboxylic acids is 1. The van der Waals surface area contributed by atoms with E-state index in [1.807, 2.05) is 0 Å². The first-order valence-electron chi connectivity index (χ1n) is 6.47. The van der Waals surface area contributed by atoms with E-state index in [1.165, 1.54) is 13.8 Å². The molecule has 2 unspecified atom stereocenters. The van der Waals surface area contributed by atoms with Gasteiger partial charge in [-0.05, 0) is 20.3 Å². The van der Waals surface area contributed by atoms with Crippen LogP contribution in [-0.4, -0.2) is 65.8 Å². The third-order valence-corrected chi connectivity index (χ3v) is 3.89. The minimum atomic E-state index is -2.72. The van der Waals surface area contributed by atoms with E-state index in [2.05, 4.69) is 5.32 Å². The van der Waals surface area contributed by atoms with Crippen LogP contribution in [0, 0.1) is 0 Å². The highest BCUT2D eigenvalue weighted by Gasteiger charge is 2.55. The number of nitrogens with one attached hydrogen (secondary N) is 1. The molecule has 0 radical (unpaired) electrons. The third-order valence-electron chi connectivity index (χ3n) is 3.89. The summed E-state index contributed by atoms with van der Waals surface area (Å²) in [7, 11) is 0. The second kappa shape index (κ2) is 6.09. The first kappa shape index (κ1) is 17.6. The van der Waals surface area contributed by atoms with Crippen LogP contribution in [-0.2, 0) is 9.53 Å². The zero-order chi connectivity index (χ0) is 14.3. The Hall–Kier alpha value is -0.500. The lowest BCUT2D eigenvalue weighted by Gasteiger charge is -2.29. The van der Waals surface area contributed by atoms with Gasteiger partial charge in [0, 0.05) is 19.1 Å². The van der Waals surface area contributed by atoms with Crippen LogP contribution in [0.1, 0.15) is 20.3 Å². The van der Waals surface area contributed by atoms with Crippen molar-refractivity contribution >= 4 is 18.4 Å². The monoisotopic (exact) mass is 314 g/mol. The Morgan fingerprint density at radius 2 is 2.20 bits per heavy atom. The van der Waals surface area contributed by atoms with Gasteiger partial charge in [0.1, 0.15) is 0 Å². The van der Waals surface area contributed by atoms with Crippen LogP contribution < -0.4 is 5.32 Å². The first-order chi connectivity index (χ1) is 8.74. The van der Waals surface area contributed by atoms with Crippen LogP contribution in [0.25, 0.3) is 0 Å². The molecular weight excluding hydrogens is 294 g/mol. The molecule has 118 valence electrons. The average molecular weight is 315 g/mol. The number of ether oxygens (including phenoxy) is 1. The summed E-state index contributed by atoms with van der Waals surface area (Å²) in [5.41, 5.74) is -1.28. The van der Waals surface area contributed by atoms with Crippen LogP contribution >= 0.6 is 12.4 Å². The summed E-state index contributed by atoms with van der Waals surface area (Å²) in [6.07, 6.45) is 0.697. The van der Waals surface area contributed by atoms with E-state index < -0.39 is 23.5 Å². The molecule has 2 saturated heterocycles. The maximum atomic E-state index is 13.7. The summed E-state index contributed by atoms with van der Waals surface area (Å²) < 4.78 is 32.7. The summed E-state index contributed by atoms with van der Waals surface area (Å²) in [5, 5.41) is 11.7. The minimum absolute atomic E-state index is 0. The van der Waals surface area contributed by atoms with Crippen molar-refractivity contribution in [3.63, 3.8) is 0 Å². The predicted octanol–water partition coefficient (Wildman–Crippen LogP) is 0.969. The van der Waals surface area contributed by atoms with Crippen molar-refractivity contribution < 1.29 is 23.4 Å². The van der Waals surface area contributed by atoms with Crippen molar-refractivity contribution in [1.82, 2.24) is 10.2 Å². The van der Waals surface area contributed by atoms with E-state index in [9.17, 15) is 13.6 Å². The number of alkyl halides is 2. The molecule has 0 aromatic rings. The highest BCUT2D eigenvalue weighted by Crippen LogP contribution is 2.35. The molecule has 2 rings (SSSR count). The van der Waals surface area contributed by atoms with Crippen LogP contribution in [0.15, 0.2) is 0 Å². The second-order valence-corrected chi connectivity index (χ2v) is 5.68. The fraction of sp³-hybridized carbons (Fsp3) is 0.917. The largest absolute Gasteiger partial charge is 0.479 e. The number of nitrogens with zero attached hydrogens (tertiary/aromatic N) is 1.